The predicted octanol–water partition coefficient (Wildman–Crippen LogP) is 4.73. The Labute approximate surface area is 88.9 Å². The first-order chi connectivity index (χ1) is 6.14. The van der Waals surface area contributed by atoms with Crippen LogP contribution in [0.15, 0.2) is 0 Å². The highest BCUT2D eigenvalue weighted by Crippen LogP contribution is 2.39. The summed E-state index contributed by atoms with van der Waals surface area (Å²) in [5.41, 5.74) is 0.644. The molecule has 0 saturated heterocycles. The summed E-state index contributed by atoms with van der Waals surface area (Å²) in [5, 5.41) is 0.980. The highest BCUT2D eigenvalue weighted by molar-refractivity contribution is 7.99. The normalized spacial score (nSPS) is 21.9. The van der Waals surface area contributed by atoms with Gasteiger partial charge in [-0.1, -0.05) is 34.6 Å². The van der Waals surface area contributed by atoms with Crippen molar-refractivity contribution in [2.24, 2.45) is 5.41 Å². The molecule has 0 radical (unpaired) electrons. The average molecular weight is 202 g/mol. The average Bonchev–Trinajstić information content (AvgIpc) is 2.13. The van der Waals surface area contributed by atoms with E-state index in [1.807, 2.05) is 13.8 Å². The van der Waals surface area contributed by atoms with Crippen LogP contribution in [0.4, 0.5) is 0 Å². The van der Waals surface area contributed by atoms with Crippen molar-refractivity contribution in [3.05, 3.63) is 0 Å². The highest BCUT2D eigenvalue weighted by atomic mass is 32.2. The lowest BCUT2D eigenvalue weighted by atomic mass is 9.77. The van der Waals surface area contributed by atoms with E-state index in [1.165, 1.54) is 31.4 Å². The van der Waals surface area contributed by atoms with Crippen molar-refractivity contribution < 1.29 is 0 Å². The Hall–Kier alpha value is 0.350. The van der Waals surface area contributed by atoms with Gasteiger partial charge in [-0.05, 0) is 36.9 Å². The molecule has 0 bridgehead atoms. The van der Waals surface area contributed by atoms with Crippen LogP contribution in [0.2, 0.25) is 0 Å². The summed E-state index contributed by atoms with van der Waals surface area (Å²) < 4.78 is 0. The van der Waals surface area contributed by atoms with E-state index in [0.717, 1.165) is 5.25 Å². The summed E-state index contributed by atoms with van der Waals surface area (Å²) >= 11 is 2.15. The van der Waals surface area contributed by atoms with E-state index in [1.54, 1.807) is 0 Å². The Morgan fingerprint density at radius 1 is 1.15 bits per heavy atom. The van der Waals surface area contributed by atoms with Crippen LogP contribution < -0.4 is 0 Å². The van der Waals surface area contributed by atoms with Gasteiger partial charge in [0.25, 0.3) is 0 Å². The molecule has 80 valence electrons. The molecule has 1 aliphatic rings. The summed E-state index contributed by atoms with van der Waals surface area (Å²) in [6, 6.07) is 0. The van der Waals surface area contributed by atoms with Gasteiger partial charge in [0.15, 0.2) is 0 Å². The SMILES string of the molecule is CC.CCSC1CCC(C)(C)CC1. The van der Waals surface area contributed by atoms with Crippen molar-refractivity contribution in [2.75, 3.05) is 5.75 Å². The van der Waals surface area contributed by atoms with Gasteiger partial charge in [0, 0.05) is 5.25 Å². The van der Waals surface area contributed by atoms with Crippen LogP contribution in [0.25, 0.3) is 0 Å². The molecule has 1 heteroatoms. The van der Waals surface area contributed by atoms with Gasteiger partial charge in [0.05, 0.1) is 0 Å². The van der Waals surface area contributed by atoms with E-state index < -0.39 is 0 Å². The fourth-order valence-corrected chi connectivity index (χ4v) is 2.82. The molecular formula is C12H26S. The quantitative estimate of drug-likeness (QED) is 0.623. The van der Waals surface area contributed by atoms with Gasteiger partial charge in [-0.15, -0.1) is 0 Å². The maximum absolute atomic E-state index is 2.40. The molecule has 1 rings (SSSR count). The Morgan fingerprint density at radius 3 is 2.00 bits per heavy atom. The molecule has 13 heavy (non-hydrogen) atoms. The zero-order chi connectivity index (χ0) is 10.3. The fraction of sp³-hybridized carbons (Fsp3) is 1.00. The van der Waals surface area contributed by atoms with Crippen LogP contribution in [0, 0.1) is 5.41 Å². The number of hydrogen-bond donors (Lipinski definition) is 0. The summed E-state index contributed by atoms with van der Waals surface area (Å²) in [4.78, 5) is 0. The second-order valence-corrected chi connectivity index (χ2v) is 5.90. The zero-order valence-electron chi connectivity index (χ0n) is 10.0. The minimum Gasteiger partial charge on any atom is -0.159 e. The van der Waals surface area contributed by atoms with Gasteiger partial charge in [-0.25, -0.2) is 0 Å². The second kappa shape index (κ2) is 6.75. The van der Waals surface area contributed by atoms with E-state index in [-0.39, 0.29) is 0 Å². The van der Waals surface area contributed by atoms with Crippen LogP contribution in [-0.4, -0.2) is 11.0 Å². The molecule has 0 nitrogen and oxygen atoms in total. The third-order valence-corrected chi connectivity index (χ3v) is 3.96. The number of rotatable bonds is 2. The molecule has 0 aromatic carbocycles. The number of hydrogen-bond acceptors (Lipinski definition) is 1. The molecule has 0 spiro atoms. The summed E-state index contributed by atoms with van der Waals surface area (Å²) in [6.07, 6.45) is 5.77. The smallest absolute Gasteiger partial charge is 0.00473 e. The minimum atomic E-state index is 0.644. The largest absolute Gasteiger partial charge is 0.159 e. The van der Waals surface area contributed by atoms with Gasteiger partial charge in [-0.3, -0.25) is 0 Å². The predicted molar refractivity (Wildman–Crippen MR) is 65.5 cm³/mol. The zero-order valence-corrected chi connectivity index (χ0v) is 10.8. The first-order valence-electron chi connectivity index (χ1n) is 5.76. The van der Waals surface area contributed by atoms with Crippen LogP contribution in [-0.2, 0) is 0 Å². The molecule has 0 N–H and O–H groups in total. The second-order valence-electron chi connectivity index (χ2n) is 4.32. The van der Waals surface area contributed by atoms with Crippen LogP contribution in [0.3, 0.4) is 0 Å². The van der Waals surface area contributed by atoms with Crippen LogP contribution in [0.5, 0.6) is 0 Å². The molecule has 0 amide bonds. The first-order valence-corrected chi connectivity index (χ1v) is 6.80. The Bertz CT molecular complexity index is 108. The first kappa shape index (κ1) is 13.4. The molecule has 1 fully saturated rings. The maximum atomic E-state index is 2.40. The molecule has 0 aliphatic heterocycles. The van der Waals surface area contributed by atoms with Crippen molar-refractivity contribution in [2.45, 2.75) is 65.6 Å². The van der Waals surface area contributed by atoms with Crippen molar-refractivity contribution in [1.82, 2.24) is 0 Å². The van der Waals surface area contributed by atoms with Gasteiger partial charge >= 0.3 is 0 Å². The van der Waals surface area contributed by atoms with E-state index >= 15 is 0 Å². The molecule has 0 atom stereocenters. The third kappa shape index (κ3) is 5.61. The summed E-state index contributed by atoms with van der Waals surface area (Å²) in [6.45, 7) is 11.1. The van der Waals surface area contributed by atoms with E-state index in [4.69, 9.17) is 0 Å². The fourth-order valence-electron chi connectivity index (χ4n) is 1.78. The van der Waals surface area contributed by atoms with Gasteiger partial charge in [0.2, 0.25) is 0 Å². The molecular weight excluding hydrogens is 176 g/mol. The van der Waals surface area contributed by atoms with E-state index in [2.05, 4.69) is 32.5 Å². The monoisotopic (exact) mass is 202 g/mol. The van der Waals surface area contributed by atoms with Crippen molar-refractivity contribution >= 4 is 11.8 Å². The van der Waals surface area contributed by atoms with Crippen molar-refractivity contribution in [3.8, 4) is 0 Å². The van der Waals surface area contributed by atoms with Gasteiger partial charge in [-0.2, -0.15) is 11.8 Å². The van der Waals surface area contributed by atoms with Gasteiger partial charge in [0.1, 0.15) is 0 Å². The lowest BCUT2D eigenvalue weighted by Crippen LogP contribution is -2.22. The molecule has 0 heterocycles. The molecule has 1 saturated carbocycles. The Balaban J connectivity index is 0.000000671. The number of thioether (sulfide) groups is 1. The minimum absolute atomic E-state index is 0.644. The van der Waals surface area contributed by atoms with Crippen LogP contribution >= 0.6 is 11.8 Å². The van der Waals surface area contributed by atoms with Crippen molar-refractivity contribution in [1.29, 1.82) is 0 Å². The molecule has 0 aromatic rings. The van der Waals surface area contributed by atoms with Crippen LogP contribution in [0.1, 0.15) is 60.3 Å². The standard InChI is InChI=1S/C10H20S.C2H6/c1-4-11-9-5-7-10(2,3)8-6-9;1-2/h9H,4-8H2,1-3H3;1-2H3. The van der Waals surface area contributed by atoms with Crippen molar-refractivity contribution in [3.63, 3.8) is 0 Å². The van der Waals surface area contributed by atoms with Gasteiger partial charge < -0.3 is 0 Å². The topological polar surface area (TPSA) is 0 Å². The summed E-state index contributed by atoms with van der Waals surface area (Å²) in [5.74, 6) is 1.30. The lowest BCUT2D eigenvalue weighted by Gasteiger charge is -2.33. The molecule has 0 aromatic heterocycles. The molecule has 0 unspecified atom stereocenters. The maximum Gasteiger partial charge on any atom is 0.00473 e. The highest BCUT2D eigenvalue weighted by Gasteiger charge is 2.26. The lowest BCUT2D eigenvalue weighted by molar-refractivity contribution is 0.249. The Morgan fingerprint density at radius 2 is 1.62 bits per heavy atom. The van der Waals surface area contributed by atoms with E-state index in [0.29, 0.717) is 5.41 Å². The third-order valence-electron chi connectivity index (χ3n) is 2.69. The molecule has 1 aliphatic carbocycles. The Kier molecular flexibility index (Phi) is 6.93. The van der Waals surface area contributed by atoms with E-state index in [9.17, 15) is 0 Å². The summed E-state index contributed by atoms with van der Waals surface area (Å²) in [7, 11) is 0.